The third kappa shape index (κ3) is 1.42. The highest BCUT2D eigenvalue weighted by Gasteiger charge is 2.12. The Labute approximate surface area is 65.0 Å². The van der Waals surface area contributed by atoms with Crippen molar-refractivity contribution in [2.45, 2.75) is 13.3 Å². The summed E-state index contributed by atoms with van der Waals surface area (Å²) >= 11 is 0. The minimum atomic E-state index is -0.0353. The number of methoxy groups -OCH3 is 1. The van der Waals surface area contributed by atoms with Gasteiger partial charge in [0, 0.05) is 12.5 Å². The van der Waals surface area contributed by atoms with Gasteiger partial charge in [-0.05, 0) is 0 Å². The first-order valence-electron chi connectivity index (χ1n) is 3.44. The van der Waals surface area contributed by atoms with Crippen molar-refractivity contribution in [3.63, 3.8) is 0 Å². The molecule has 0 aromatic carbocycles. The first-order chi connectivity index (χ1) is 5.29. The van der Waals surface area contributed by atoms with Crippen LogP contribution in [0.1, 0.15) is 23.9 Å². The third-order valence-electron chi connectivity index (χ3n) is 1.42. The van der Waals surface area contributed by atoms with Gasteiger partial charge in [0.2, 0.25) is 11.5 Å². The molecule has 1 rings (SSSR count). The molecule has 0 unspecified atom stereocenters. The number of furan rings is 1. The van der Waals surface area contributed by atoms with Gasteiger partial charge >= 0.3 is 0 Å². The number of carbonyl (C=O) groups is 1. The van der Waals surface area contributed by atoms with Crippen LogP contribution in [-0.4, -0.2) is 12.9 Å². The summed E-state index contributed by atoms with van der Waals surface area (Å²) in [7, 11) is 1.51. The number of hydrogen-bond donors (Lipinski definition) is 0. The molecule has 3 heteroatoms. The van der Waals surface area contributed by atoms with E-state index in [1.54, 1.807) is 13.0 Å². The van der Waals surface area contributed by atoms with Crippen molar-refractivity contribution >= 4 is 5.78 Å². The highest BCUT2D eigenvalue weighted by Crippen LogP contribution is 2.20. The monoisotopic (exact) mass is 154 g/mol. The van der Waals surface area contributed by atoms with Crippen LogP contribution >= 0.6 is 0 Å². The van der Waals surface area contributed by atoms with Crippen LogP contribution in [0, 0.1) is 0 Å². The average Bonchev–Trinajstić information content (AvgIpc) is 2.50. The van der Waals surface area contributed by atoms with Crippen molar-refractivity contribution in [2.75, 3.05) is 7.11 Å². The summed E-state index contributed by atoms with van der Waals surface area (Å²) in [6.07, 6.45) is 1.88. The molecule has 3 nitrogen and oxygen atoms in total. The van der Waals surface area contributed by atoms with E-state index in [1.807, 2.05) is 0 Å². The molecule has 1 aromatic heterocycles. The molecule has 0 atom stereocenters. The van der Waals surface area contributed by atoms with Crippen LogP contribution in [-0.2, 0) is 0 Å². The van der Waals surface area contributed by atoms with Gasteiger partial charge in [0.1, 0.15) is 0 Å². The van der Waals surface area contributed by atoms with Gasteiger partial charge in [-0.25, -0.2) is 0 Å². The molecule has 0 radical (unpaired) electrons. The number of ketones is 1. The standard InChI is InChI=1S/C8H10O3/c1-3-6(9)8-7(10-2)4-5-11-8/h4-5H,3H2,1-2H3. The Morgan fingerprint density at radius 1 is 1.73 bits per heavy atom. The van der Waals surface area contributed by atoms with Crippen molar-refractivity contribution in [1.82, 2.24) is 0 Å². The molecule has 0 bridgehead atoms. The first kappa shape index (κ1) is 7.85. The molecular formula is C8H10O3. The van der Waals surface area contributed by atoms with Gasteiger partial charge in [-0.1, -0.05) is 6.92 Å². The molecule has 0 N–H and O–H groups in total. The van der Waals surface area contributed by atoms with E-state index in [9.17, 15) is 4.79 Å². The molecule has 0 saturated heterocycles. The highest BCUT2D eigenvalue weighted by molar-refractivity contribution is 5.95. The van der Waals surface area contributed by atoms with Crippen LogP contribution in [0.2, 0.25) is 0 Å². The third-order valence-corrected chi connectivity index (χ3v) is 1.42. The molecule has 60 valence electrons. The summed E-state index contributed by atoms with van der Waals surface area (Å²) in [5.41, 5.74) is 0. The summed E-state index contributed by atoms with van der Waals surface area (Å²) in [4.78, 5) is 11.1. The predicted molar refractivity (Wildman–Crippen MR) is 39.9 cm³/mol. The van der Waals surface area contributed by atoms with Crippen LogP contribution in [0.3, 0.4) is 0 Å². The second-order valence-electron chi connectivity index (χ2n) is 2.09. The number of ether oxygens (including phenoxy) is 1. The number of hydrogen-bond acceptors (Lipinski definition) is 3. The molecule has 0 amide bonds. The summed E-state index contributed by atoms with van der Waals surface area (Å²) in [6.45, 7) is 1.78. The Morgan fingerprint density at radius 2 is 2.45 bits per heavy atom. The maximum Gasteiger partial charge on any atom is 0.211 e. The maximum atomic E-state index is 11.1. The SMILES string of the molecule is CCC(=O)c1occc1OC. The molecule has 0 aliphatic heterocycles. The van der Waals surface area contributed by atoms with E-state index >= 15 is 0 Å². The van der Waals surface area contributed by atoms with Crippen LogP contribution in [0.5, 0.6) is 5.75 Å². The fourth-order valence-electron chi connectivity index (χ4n) is 0.822. The molecule has 0 aliphatic rings. The molecular weight excluding hydrogens is 144 g/mol. The van der Waals surface area contributed by atoms with Gasteiger partial charge < -0.3 is 9.15 Å². The van der Waals surface area contributed by atoms with Crippen molar-refractivity contribution in [2.24, 2.45) is 0 Å². The lowest BCUT2D eigenvalue weighted by Gasteiger charge is -1.96. The van der Waals surface area contributed by atoms with Crippen molar-refractivity contribution in [3.8, 4) is 5.75 Å². The van der Waals surface area contributed by atoms with E-state index in [0.29, 0.717) is 17.9 Å². The van der Waals surface area contributed by atoms with Gasteiger partial charge in [0.15, 0.2) is 5.75 Å². The van der Waals surface area contributed by atoms with Crippen LogP contribution in [0.4, 0.5) is 0 Å². The van der Waals surface area contributed by atoms with E-state index < -0.39 is 0 Å². The van der Waals surface area contributed by atoms with Gasteiger partial charge in [-0.3, -0.25) is 4.79 Å². The summed E-state index contributed by atoms with van der Waals surface area (Å²) in [5, 5.41) is 0. The molecule has 11 heavy (non-hydrogen) atoms. The quantitative estimate of drug-likeness (QED) is 0.624. The van der Waals surface area contributed by atoms with E-state index in [4.69, 9.17) is 9.15 Å². The summed E-state index contributed by atoms with van der Waals surface area (Å²) in [6, 6.07) is 1.63. The van der Waals surface area contributed by atoms with Gasteiger partial charge in [-0.2, -0.15) is 0 Å². The summed E-state index contributed by atoms with van der Waals surface area (Å²) < 4.78 is 9.83. The predicted octanol–water partition coefficient (Wildman–Crippen LogP) is 1.88. The Bertz CT molecular complexity index is 250. The van der Waals surface area contributed by atoms with Crippen LogP contribution in [0.15, 0.2) is 16.7 Å². The molecule has 1 aromatic rings. The molecule has 0 spiro atoms. The Morgan fingerprint density at radius 3 is 3.00 bits per heavy atom. The summed E-state index contributed by atoms with van der Waals surface area (Å²) in [5.74, 6) is 0.790. The first-order valence-corrected chi connectivity index (χ1v) is 3.44. The van der Waals surface area contributed by atoms with Crippen molar-refractivity contribution in [1.29, 1.82) is 0 Å². The molecule has 1 heterocycles. The zero-order valence-corrected chi connectivity index (χ0v) is 6.59. The fraction of sp³-hybridized carbons (Fsp3) is 0.375. The van der Waals surface area contributed by atoms with E-state index in [0.717, 1.165) is 0 Å². The zero-order valence-electron chi connectivity index (χ0n) is 6.59. The smallest absolute Gasteiger partial charge is 0.211 e. The Balaban J connectivity index is 2.92. The highest BCUT2D eigenvalue weighted by atomic mass is 16.5. The van der Waals surface area contributed by atoms with Gasteiger partial charge in [0.05, 0.1) is 13.4 Å². The minimum Gasteiger partial charge on any atom is -0.493 e. The molecule has 0 fully saturated rings. The van der Waals surface area contributed by atoms with Crippen LogP contribution < -0.4 is 4.74 Å². The van der Waals surface area contributed by atoms with Gasteiger partial charge in [-0.15, -0.1) is 0 Å². The maximum absolute atomic E-state index is 11.1. The lowest BCUT2D eigenvalue weighted by molar-refractivity contribution is 0.0957. The second kappa shape index (κ2) is 3.23. The van der Waals surface area contributed by atoms with E-state index in [2.05, 4.69) is 0 Å². The average molecular weight is 154 g/mol. The van der Waals surface area contributed by atoms with Gasteiger partial charge in [0.25, 0.3) is 0 Å². The molecule has 0 saturated carbocycles. The zero-order chi connectivity index (χ0) is 8.27. The number of carbonyl (C=O) groups excluding carboxylic acids is 1. The minimum absolute atomic E-state index is 0.0353. The normalized spacial score (nSPS) is 9.64. The topological polar surface area (TPSA) is 39.4 Å². The number of rotatable bonds is 3. The molecule has 0 aliphatic carbocycles. The van der Waals surface area contributed by atoms with Crippen molar-refractivity contribution in [3.05, 3.63) is 18.1 Å². The van der Waals surface area contributed by atoms with E-state index in [-0.39, 0.29) is 5.78 Å². The lowest BCUT2D eigenvalue weighted by atomic mass is 10.2. The second-order valence-corrected chi connectivity index (χ2v) is 2.09. The van der Waals surface area contributed by atoms with Crippen LogP contribution in [0.25, 0.3) is 0 Å². The fourth-order valence-corrected chi connectivity index (χ4v) is 0.822. The largest absolute Gasteiger partial charge is 0.493 e. The van der Waals surface area contributed by atoms with Crippen molar-refractivity contribution < 1.29 is 13.9 Å². The Hall–Kier alpha value is -1.25. The van der Waals surface area contributed by atoms with E-state index in [1.165, 1.54) is 13.4 Å². The lowest BCUT2D eigenvalue weighted by Crippen LogP contribution is -1.96. The number of Topliss-reactive ketones (excluding diaryl/α,β-unsaturated/α-hetero) is 1. The Kier molecular flexibility index (Phi) is 2.31.